The third-order valence-electron chi connectivity index (χ3n) is 3.88. The molecule has 0 spiro atoms. The van der Waals surface area contributed by atoms with Crippen molar-refractivity contribution in [3.05, 3.63) is 29.8 Å². The van der Waals surface area contributed by atoms with Crippen molar-refractivity contribution in [2.24, 2.45) is 0 Å². The number of urea groups is 1. The third-order valence-corrected chi connectivity index (χ3v) is 3.88. The van der Waals surface area contributed by atoms with Gasteiger partial charge in [-0.25, -0.2) is 9.59 Å². The van der Waals surface area contributed by atoms with Crippen LogP contribution in [0, 0.1) is 11.3 Å². The van der Waals surface area contributed by atoms with Crippen molar-refractivity contribution in [2.75, 3.05) is 11.9 Å². The van der Waals surface area contributed by atoms with Gasteiger partial charge < -0.3 is 10.4 Å². The van der Waals surface area contributed by atoms with Gasteiger partial charge in [0.1, 0.15) is 5.54 Å². The average Bonchev–Trinajstić information content (AvgIpc) is 2.96. The van der Waals surface area contributed by atoms with Crippen molar-refractivity contribution >= 4 is 17.7 Å². The number of carbonyl (C=O) groups excluding carboxylic acids is 1. The predicted octanol–water partition coefficient (Wildman–Crippen LogP) is 2.10. The minimum Gasteiger partial charge on any atom is -0.480 e. The SMILES string of the molecule is CN(C(=O)NC1(C(=O)O)CCCC1)c1cccc(C#N)c1. The second-order valence-corrected chi connectivity index (χ2v) is 5.25. The zero-order valence-corrected chi connectivity index (χ0v) is 11.8. The molecule has 1 aliphatic rings. The second kappa shape index (κ2) is 5.83. The van der Waals surface area contributed by atoms with E-state index in [1.165, 1.54) is 4.90 Å². The van der Waals surface area contributed by atoms with Gasteiger partial charge in [0.05, 0.1) is 11.6 Å². The number of aliphatic carboxylic acids is 1. The number of anilines is 1. The summed E-state index contributed by atoms with van der Waals surface area (Å²) in [6.45, 7) is 0. The summed E-state index contributed by atoms with van der Waals surface area (Å²) in [5.74, 6) is -0.993. The Balaban J connectivity index is 2.15. The Morgan fingerprint density at radius 3 is 2.62 bits per heavy atom. The molecule has 21 heavy (non-hydrogen) atoms. The Morgan fingerprint density at radius 1 is 1.38 bits per heavy atom. The molecule has 110 valence electrons. The molecule has 6 heteroatoms. The Hall–Kier alpha value is -2.55. The highest BCUT2D eigenvalue weighted by Crippen LogP contribution is 2.30. The van der Waals surface area contributed by atoms with Crippen LogP contribution in [0.2, 0.25) is 0 Å². The maximum absolute atomic E-state index is 12.3. The molecule has 0 aromatic heterocycles. The van der Waals surface area contributed by atoms with Crippen molar-refractivity contribution in [1.29, 1.82) is 5.26 Å². The highest BCUT2D eigenvalue weighted by atomic mass is 16.4. The van der Waals surface area contributed by atoms with Gasteiger partial charge in [-0.3, -0.25) is 4.90 Å². The van der Waals surface area contributed by atoms with Gasteiger partial charge in [0, 0.05) is 12.7 Å². The summed E-state index contributed by atoms with van der Waals surface area (Å²) >= 11 is 0. The normalized spacial score (nSPS) is 16.0. The number of rotatable bonds is 3. The molecule has 6 nitrogen and oxygen atoms in total. The molecule has 0 aliphatic heterocycles. The first kappa shape index (κ1) is 14.9. The molecule has 2 N–H and O–H groups in total. The van der Waals surface area contributed by atoms with E-state index in [1.54, 1.807) is 31.3 Å². The molecule has 0 unspecified atom stereocenters. The van der Waals surface area contributed by atoms with Gasteiger partial charge in [0.25, 0.3) is 0 Å². The number of nitrogens with one attached hydrogen (secondary N) is 1. The molecule has 1 aliphatic carbocycles. The second-order valence-electron chi connectivity index (χ2n) is 5.25. The number of carbonyl (C=O) groups is 2. The van der Waals surface area contributed by atoms with Crippen molar-refractivity contribution in [2.45, 2.75) is 31.2 Å². The van der Waals surface area contributed by atoms with Crippen molar-refractivity contribution in [3.63, 3.8) is 0 Å². The zero-order valence-electron chi connectivity index (χ0n) is 11.8. The van der Waals surface area contributed by atoms with Crippen molar-refractivity contribution in [1.82, 2.24) is 5.32 Å². The summed E-state index contributed by atoms with van der Waals surface area (Å²) in [6, 6.07) is 8.14. The molecular weight excluding hydrogens is 270 g/mol. The molecule has 0 bridgehead atoms. The first-order valence-corrected chi connectivity index (χ1v) is 6.78. The van der Waals surface area contributed by atoms with E-state index in [2.05, 4.69) is 5.32 Å². The minimum absolute atomic E-state index is 0.445. The van der Waals surface area contributed by atoms with Gasteiger partial charge in [-0.15, -0.1) is 0 Å². The summed E-state index contributed by atoms with van der Waals surface area (Å²) in [5, 5.41) is 20.9. The maximum Gasteiger partial charge on any atom is 0.329 e. The van der Waals surface area contributed by atoms with E-state index in [-0.39, 0.29) is 0 Å². The first-order valence-electron chi connectivity index (χ1n) is 6.78. The van der Waals surface area contributed by atoms with Gasteiger partial charge in [-0.05, 0) is 31.0 Å². The van der Waals surface area contributed by atoms with E-state index in [4.69, 9.17) is 5.26 Å². The molecule has 2 amide bonds. The summed E-state index contributed by atoms with van der Waals surface area (Å²) in [4.78, 5) is 25.0. The fourth-order valence-electron chi connectivity index (χ4n) is 2.56. The molecular formula is C15H17N3O3. The Labute approximate surface area is 123 Å². The van der Waals surface area contributed by atoms with Crippen molar-refractivity contribution < 1.29 is 14.7 Å². The molecule has 1 fully saturated rings. The Bertz CT molecular complexity index is 600. The number of hydrogen-bond acceptors (Lipinski definition) is 3. The van der Waals surface area contributed by atoms with E-state index in [0.717, 1.165) is 12.8 Å². The lowest BCUT2D eigenvalue weighted by Gasteiger charge is -2.28. The monoisotopic (exact) mass is 287 g/mol. The van der Waals surface area contributed by atoms with Gasteiger partial charge in [-0.2, -0.15) is 5.26 Å². The Morgan fingerprint density at radius 2 is 2.05 bits per heavy atom. The van der Waals surface area contributed by atoms with Crippen LogP contribution in [0.15, 0.2) is 24.3 Å². The van der Waals surface area contributed by atoms with Crippen LogP contribution in [-0.4, -0.2) is 29.7 Å². The lowest BCUT2D eigenvalue weighted by Crippen LogP contribution is -2.55. The van der Waals surface area contributed by atoms with Crippen LogP contribution in [-0.2, 0) is 4.79 Å². The third kappa shape index (κ3) is 2.97. The van der Waals surface area contributed by atoms with Crippen LogP contribution in [0.25, 0.3) is 0 Å². The Kier molecular flexibility index (Phi) is 4.13. The largest absolute Gasteiger partial charge is 0.480 e. The molecule has 1 saturated carbocycles. The van der Waals surface area contributed by atoms with Gasteiger partial charge in [-0.1, -0.05) is 18.9 Å². The predicted molar refractivity (Wildman–Crippen MR) is 76.9 cm³/mol. The summed E-state index contributed by atoms with van der Waals surface area (Å²) in [7, 11) is 1.55. The molecule has 2 rings (SSSR count). The number of amides is 2. The topological polar surface area (TPSA) is 93.4 Å². The summed E-state index contributed by atoms with van der Waals surface area (Å²) < 4.78 is 0. The fraction of sp³-hybridized carbons (Fsp3) is 0.400. The molecule has 0 heterocycles. The molecule has 0 atom stereocenters. The van der Waals surface area contributed by atoms with Crippen LogP contribution in [0.5, 0.6) is 0 Å². The lowest BCUT2D eigenvalue weighted by atomic mass is 9.98. The number of nitriles is 1. The number of nitrogens with zero attached hydrogens (tertiary/aromatic N) is 2. The van der Waals surface area contributed by atoms with Gasteiger partial charge in [0.15, 0.2) is 0 Å². The molecule has 1 aromatic carbocycles. The number of carboxylic acid groups (broad SMARTS) is 1. The number of carboxylic acids is 1. The first-order chi connectivity index (χ1) is 9.98. The zero-order chi connectivity index (χ0) is 15.5. The smallest absolute Gasteiger partial charge is 0.329 e. The van der Waals surface area contributed by atoms with Gasteiger partial charge in [0.2, 0.25) is 0 Å². The van der Waals surface area contributed by atoms with Crippen LogP contribution in [0.4, 0.5) is 10.5 Å². The minimum atomic E-state index is -1.17. The number of hydrogen-bond donors (Lipinski definition) is 2. The highest BCUT2D eigenvalue weighted by Gasteiger charge is 2.43. The van der Waals surface area contributed by atoms with Crippen LogP contribution < -0.4 is 10.2 Å². The van der Waals surface area contributed by atoms with E-state index in [9.17, 15) is 14.7 Å². The quantitative estimate of drug-likeness (QED) is 0.890. The van der Waals surface area contributed by atoms with Gasteiger partial charge >= 0.3 is 12.0 Å². The average molecular weight is 287 g/mol. The molecule has 0 radical (unpaired) electrons. The highest BCUT2D eigenvalue weighted by molar-refractivity contribution is 5.95. The lowest BCUT2D eigenvalue weighted by molar-refractivity contribution is -0.144. The summed E-state index contributed by atoms with van der Waals surface area (Å²) in [6.07, 6.45) is 2.47. The van der Waals surface area contributed by atoms with E-state index >= 15 is 0 Å². The van der Waals surface area contributed by atoms with Crippen LogP contribution in [0.1, 0.15) is 31.2 Å². The standard InChI is InChI=1S/C15H17N3O3/c1-18(12-6-4-5-11(9-12)10-16)14(21)17-15(13(19)20)7-2-3-8-15/h4-6,9H,2-3,7-8H2,1H3,(H,17,21)(H,19,20). The fourth-order valence-corrected chi connectivity index (χ4v) is 2.56. The number of benzene rings is 1. The van der Waals surface area contributed by atoms with Crippen LogP contribution >= 0.6 is 0 Å². The van der Waals surface area contributed by atoms with E-state index < -0.39 is 17.5 Å². The summed E-state index contributed by atoms with van der Waals surface area (Å²) in [5.41, 5.74) is -0.177. The van der Waals surface area contributed by atoms with E-state index in [0.29, 0.717) is 24.1 Å². The van der Waals surface area contributed by atoms with E-state index in [1.807, 2.05) is 6.07 Å². The van der Waals surface area contributed by atoms with Crippen LogP contribution in [0.3, 0.4) is 0 Å². The molecule has 0 saturated heterocycles. The maximum atomic E-state index is 12.3. The van der Waals surface area contributed by atoms with Crippen molar-refractivity contribution in [3.8, 4) is 6.07 Å². The molecule has 1 aromatic rings.